The first-order valence-corrected chi connectivity index (χ1v) is 16.8. The second-order valence-electron chi connectivity index (χ2n) is 11.4. The first-order chi connectivity index (χ1) is 22.3. The van der Waals surface area contributed by atoms with E-state index in [1.165, 1.54) is 28.4 Å². The van der Waals surface area contributed by atoms with Crippen molar-refractivity contribution in [3.8, 4) is 0 Å². The number of hydrogen-bond donors (Lipinski definition) is 0. The van der Waals surface area contributed by atoms with Gasteiger partial charge in [0.15, 0.2) is 5.78 Å². The van der Waals surface area contributed by atoms with Gasteiger partial charge in [-0.1, -0.05) is 77.2 Å². The van der Waals surface area contributed by atoms with Crippen LogP contribution in [0.3, 0.4) is 0 Å². The fraction of sp³-hybridized carbons (Fsp3) is 0.324. The van der Waals surface area contributed by atoms with Gasteiger partial charge in [-0.3, -0.25) is 4.79 Å². The molecule has 0 saturated heterocycles. The highest BCUT2D eigenvalue weighted by Crippen LogP contribution is 2.71. The molecule has 0 aromatic heterocycles. The Bertz CT molecular complexity index is 1800. The monoisotopic (exact) mass is 695 g/mol. The van der Waals surface area contributed by atoms with Crippen molar-refractivity contribution in [3.05, 3.63) is 89.9 Å². The van der Waals surface area contributed by atoms with Gasteiger partial charge >= 0.3 is 23.9 Å². The Hall–Kier alpha value is -3.94. The number of hydrogen-bond acceptors (Lipinski definition) is 13. The van der Waals surface area contributed by atoms with Crippen LogP contribution in [0, 0.1) is 13.8 Å². The number of fused-ring (bicyclic) bond motifs is 3. The number of carbonyl (C=O) groups excluding carboxylic acids is 5. The topological polar surface area (TPSA) is 126 Å². The molecule has 47 heavy (non-hydrogen) atoms. The van der Waals surface area contributed by atoms with Crippen LogP contribution in [0.5, 0.6) is 0 Å². The lowest BCUT2D eigenvalue weighted by atomic mass is 9.81. The van der Waals surface area contributed by atoms with E-state index < -0.39 is 33.5 Å². The Balaban J connectivity index is 1.87. The fourth-order valence-electron chi connectivity index (χ4n) is 6.03. The minimum absolute atomic E-state index is 0.00125. The Morgan fingerprint density at radius 1 is 0.745 bits per heavy atom. The molecular weight excluding hydrogens is 663 g/mol. The number of esters is 4. The average molecular weight is 696 g/mol. The number of carbonyl (C=O) groups is 5. The van der Waals surface area contributed by atoms with E-state index in [2.05, 4.69) is 0 Å². The number of rotatable bonds is 7. The molecule has 5 rings (SSSR count). The summed E-state index contributed by atoms with van der Waals surface area (Å²) >= 11 is 2.89. The van der Waals surface area contributed by atoms with Crippen LogP contribution >= 0.6 is 35.3 Å². The maximum atomic E-state index is 13.8. The molecule has 246 valence electrons. The minimum Gasteiger partial charge on any atom is -0.466 e. The summed E-state index contributed by atoms with van der Waals surface area (Å²) < 4.78 is 19.0. The van der Waals surface area contributed by atoms with E-state index in [9.17, 15) is 24.0 Å². The smallest absolute Gasteiger partial charge is 0.345 e. The first-order valence-electron chi connectivity index (χ1n) is 14.4. The van der Waals surface area contributed by atoms with Gasteiger partial charge in [-0.2, -0.15) is 0 Å². The molecule has 2 aromatic carbocycles. The van der Waals surface area contributed by atoms with Crippen molar-refractivity contribution in [1.29, 1.82) is 0 Å². The first kappa shape index (κ1) is 34.4. The van der Waals surface area contributed by atoms with E-state index in [0.29, 0.717) is 21.6 Å². The Kier molecular flexibility index (Phi) is 9.46. The van der Waals surface area contributed by atoms with E-state index >= 15 is 0 Å². The Morgan fingerprint density at radius 2 is 1.28 bits per heavy atom. The molecular formula is C34H33NO9S3. The van der Waals surface area contributed by atoms with Crippen LogP contribution in [-0.4, -0.2) is 74.3 Å². The number of Topliss-reactive ketones (excluding diaryl/α,β-unsaturated/α-hetero) is 1. The number of benzene rings is 2. The molecule has 0 unspecified atom stereocenters. The summed E-state index contributed by atoms with van der Waals surface area (Å²) in [7, 11) is 4.77. The van der Waals surface area contributed by atoms with Crippen molar-refractivity contribution in [3.63, 3.8) is 0 Å². The lowest BCUT2D eigenvalue weighted by Crippen LogP contribution is -2.53. The molecule has 0 atom stereocenters. The maximum absolute atomic E-state index is 13.8. The second-order valence-corrected chi connectivity index (χ2v) is 15.1. The lowest BCUT2D eigenvalue weighted by molar-refractivity contribution is -0.138. The number of nitrogens with zero attached hydrogens (tertiary/aromatic N) is 1. The number of methoxy groups -OCH3 is 4. The van der Waals surface area contributed by atoms with Crippen LogP contribution < -0.4 is 4.90 Å². The van der Waals surface area contributed by atoms with Gasteiger partial charge in [0.2, 0.25) is 0 Å². The zero-order chi connectivity index (χ0) is 34.4. The average Bonchev–Trinajstić information content (AvgIpc) is 3.45. The van der Waals surface area contributed by atoms with Crippen molar-refractivity contribution in [1.82, 2.24) is 0 Å². The molecule has 0 saturated carbocycles. The molecule has 10 nitrogen and oxygen atoms in total. The summed E-state index contributed by atoms with van der Waals surface area (Å²) in [5.41, 5.74) is 3.24. The van der Waals surface area contributed by atoms with Crippen LogP contribution in [0.25, 0.3) is 5.57 Å². The highest BCUT2D eigenvalue weighted by Gasteiger charge is 2.61. The van der Waals surface area contributed by atoms with Gasteiger partial charge in [0, 0.05) is 27.3 Å². The Labute approximate surface area is 285 Å². The number of aryl methyl sites for hydroxylation is 2. The molecule has 0 fully saturated rings. The standard InChI is InChI=1S/C34H33NO9S3/c1-17-14-18(2)24-20(15-17)22-28(33(3,4)35(24)16-21(36)19-12-10-9-11-13-19)45-25(30(38)42-6)23(29(37)41-5)34(22)46-26(31(39)43-7)27(47-34)32(40)44-8/h9-15H,16H2,1-8H3. The molecule has 0 amide bonds. The van der Waals surface area contributed by atoms with E-state index in [-0.39, 0.29) is 32.6 Å². The summed E-state index contributed by atoms with van der Waals surface area (Å²) in [5, 5.41) is 0. The van der Waals surface area contributed by atoms with E-state index in [1.807, 2.05) is 50.8 Å². The summed E-state index contributed by atoms with van der Waals surface area (Å²) in [6, 6.07) is 12.9. The molecule has 0 radical (unpaired) electrons. The zero-order valence-corrected chi connectivity index (χ0v) is 29.5. The molecule has 0 bridgehead atoms. The molecule has 0 N–H and O–H groups in total. The second kappa shape index (κ2) is 12.9. The number of ether oxygens (including phenoxy) is 4. The van der Waals surface area contributed by atoms with Crippen molar-refractivity contribution in [2.24, 2.45) is 0 Å². The summed E-state index contributed by atoms with van der Waals surface area (Å²) in [6.07, 6.45) is 0. The van der Waals surface area contributed by atoms with Gasteiger partial charge in [0.1, 0.15) is 18.8 Å². The molecule has 3 heterocycles. The summed E-state index contributed by atoms with van der Waals surface area (Å²) in [4.78, 5) is 70.0. The number of ketones is 1. The third-order valence-corrected chi connectivity index (χ3v) is 12.8. The maximum Gasteiger partial charge on any atom is 0.345 e. The molecule has 13 heteroatoms. The largest absolute Gasteiger partial charge is 0.466 e. The SMILES string of the molecule is COC(=O)C1=C(C(=O)OC)SC2(S1)C(C(=O)OC)=C(C(=O)OC)SC1=C2c2cc(C)cc(C)c2N(CC(=O)c2ccccc2)C1(C)C. The number of thioether (sulfide) groups is 3. The minimum atomic E-state index is -1.61. The van der Waals surface area contributed by atoms with Crippen LogP contribution in [0.4, 0.5) is 5.69 Å². The van der Waals surface area contributed by atoms with Crippen LogP contribution in [0.15, 0.2) is 67.7 Å². The van der Waals surface area contributed by atoms with Gasteiger partial charge in [0.05, 0.1) is 46.1 Å². The summed E-state index contributed by atoms with van der Waals surface area (Å²) in [6.45, 7) is 7.74. The molecule has 1 spiro atoms. The molecule has 2 aromatic rings. The van der Waals surface area contributed by atoms with Gasteiger partial charge in [-0.25, -0.2) is 19.2 Å². The lowest BCUT2D eigenvalue weighted by Gasteiger charge is -2.52. The zero-order valence-electron chi connectivity index (χ0n) is 27.1. The third kappa shape index (κ3) is 5.57. The van der Waals surface area contributed by atoms with Crippen molar-refractivity contribution < 1.29 is 42.9 Å². The van der Waals surface area contributed by atoms with E-state index in [1.54, 1.807) is 24.3 Å². The number of anilines is 1. The fourth-order valence-corrected chi connectivity index (χ4v) is 11.1. The molecule has 3 aliphatic rings. The summed E-state index contributed by atoms with van der Waals surface area (Å²) in [5.74, 6) is -3.38. The van der Waals surface area contributed by atoms with Crippen LogP contribution in [0.2, 0.25) is 0 Å². The predicted octanol–water partition coefficient (Wildman–Crippen LogP) is 5.58. The van der Waals surface area contributed by atoms with Gasteiger partial charge in [-0.15, -0.1) is 0 Å². The highest BCUT2D eigenvalue weighted by atomic mass is 32.2. The van der Waals surface area contributed by atoms with Crippen molar-refractivity contribution >= 4 is 76.2 Å². The molecule has 3 aliphatic heterocycles. The quantitative estimate of drug-likeness (QED) is 0.204. The van der Waals surface area contributed by atoms with Crippen LogP contribution in [0.1, 0.15) is 40.9 Å². The Morgan fingerprint density at radius 3 is 1.81 bits per heavy atom. The normalized spacial score (nSPS) is 17.7. The molecule has 0 aliphatic carbocycles. The highest BCUT2D eigenvalue weighted by molar-refractivity contribution is 8.26. The van der Waals surface area contributed by atoms with Crippen molar-refractivity contribution in [2.75, 3.05) is 39.9 Å². The van der Waals surface area contributed by atoms with E-state index in [4.69, 9.17) is 18.9 Å². The van der Waals surface area contributed by atoms with Gasteiger partial charge in [-0.05, 0) is 39.3 Å². The van der Waals surface area contributed by atoms with Gasteiger partial charge in [0.25, 0.3) is 0 Å². The van der Waals surface area contributed by atoms with E-state index in [0.717, 1.165) is 52.1 Å². The predicted molar refractivity (Wildman–Crippen MR) is 183 cm³/mol. The van der Waals surface area contributed by atoms with Crippen molar-refractivity contribution in [2.45, 2.75) is 37.3 Å². The van der Waals surface area contributed by atoms with Gasteiger partial charge < -0.3 is 23.8 Å². The van der Waals surface area contributed by atoms with Crippen LogP contribution in [-0.2, 0) is 38.1 Å². The third-order valence-electron chi connectivity index (χ3n) is 8.13.